The Balaban J connectivity index is 3.33. The van der Waals surface area contributed by atoms with E-state index in [1.54, 1.807) is 18.9 Å². The molecule has 8 nitrogen and oxygen atoms in total. The van der Waals surface area contributed by atoms with E-state index in [0.29, 0.717) is 13.2 Å². The van der Waals surface area contributed by atoms with Crippen molar-refractivity contribution in [2.75, 3.05) is 30.9 Å². The average molecular weight is 269 g/mol. The van der Waals surface area contributed by atoms with E-state index in [9.17, 15) is 10.1 Å². The highest BCUT2D eigenvalue weighted by Crippen LogP contribution is 2.30. The van der Waals surface area contributed by atoms with Crippen molar-refractivity contribution in [3.8, 4) is 0 Å². The third-order valence-corrected chi connectivity index (χ3v) is 2.79. The number of likely N-dealkylation sites (N-methyl/N-ethyl adjacent to an activating group) is 1. The van der Waals surface area contributed by atoms with Gasteiger partial charge in [-0.3, -0.25) is 10.1 Å². The molecule has 8 heteroatoms. The quantitative estimate of drug-likeness (QED) is 0.609. The zero-order valence-corrected chi connectivity index (χ0v) is 11.6. The standard InChI is InChI=1S/C11H19N5O3/c1-5-15(7(2)6-19-4)10-9(16(17)18)8(3)13-11(12)14-10/h7H,5-6H2,1-4H3,(H2,12,13,14). The topological polar surface area (TPSA) is 107 Å². The molecule has 106 valence electrons. The summed E-state index contributed by atoms with van der Waals surface area (Å²) in [5.74, 6) is 0.267. The van der Waals surface area contributed by atoms with Crippen molar-refractivity contribution in [3.05, 3.63) is 15.8 Å². The van der Waals surface area contributed by atoms with Crippen molar-refractivity contribution in [2.24, 2.45) is 0 Å². The minimum atomic E-state index is -0.480. The smallest absolute Gasteiger partial charge is 0.332 e. The summed E-state index contributed by atoms with van der Waals surface area (Å²) in [6.45, 7) is 6.34. The summed E-state index contributed by atoms with van der Waals surface area (Å²) in [4.78, 5) is 20.4. The molecule has 0 amide bonds. The third kappa shape index (κ3) is 3.28. The molecule has 0 radical (unpaired) electrons. The Morgan fingerprint density at radius 3 is 2.63 bits per heavy atom. The zero-order chi connectivity index (χ0) is 14.6. The Morgan fingerprint density at radius 2 is 2.16 bits per heavy atom. The van der Waals surface area contributed by atoms with Gasteiger partial charge in [0.25, 0.3) is 0 Å². The first-order valence-electron chi connectivity index (χ1n) is 5.96. The van der Waals surface area contributed by atoms with Crippen molar-refractivity contribution in [1.29, 1.82) is 0 Å². The molecular formula is C11H19N5O3. The van der Waals surface area contributed by atoms with Crippen molar-refractivity contribution in [3.63, 3.8) is 0 Å². The van der Waals surface area contributed by atoms with Crippen LogP contribution in [0, 0.1) is 17.0 Å². The van der Waals surface area contributed by atoms with Crippen LogP contribution >= 0.6 is 0 Å². The summed E-state index contributed by atoms with van der Waals surface area (Å²) in [5, 5.41) is 11.2. The average Bonchev–Trinajstić information content (AvgIpc) is 2.28. The van der Waals surface area contributed by atoms with E-state index >= 15 is 0 Å². The van der Waals surface area contributed by atoms with E-state index in [1.807, 2.05) is 13.8 Å². The van der Waals surface area contributed by atoms with Crippen LogP contribution in [0.25, 0.3) is 0 Å². The molecule has 0 aliphatic heterocycles. The Kier molecular flexibility index (Phi) is 4.99. The molecule has 1 unspecified atom stereocenters. The number of nitro groups is 1. The molecule has 19 heavy (non-hydrogen) atoms. The maximum atomic E-state index is 11.2. The largest absolute Gasteiger partial charge is 0.383 e. The number of anilines is 2. The van der Waals surface area contributed by atoms with Crippen molar-refractivity contribution in [1.82, 2.24) is 9.97 Å². The lowest BCUT2D eigenvalue weighted by Crippen LogP contribution is -2.37. The summed E-state index contributed by atoms with van der Waals surface area (Å²) in [6.07, 6.45) is 0. The van der Waals surface area contributed by atoms with Crippen LogP contribution in [0.1, 0.15) is 19.5 Å². The molecule has 0 aromatic carbocycles. The fourth-order valence-electron chi connectivity index (χ4n) is 1.99. The summed E-state index contributed by atoms with van der Waals surface area (Å²) in [7, 11) is 1.58. The maximum Gasteiger partial charge on any atom is 0.332 e. The molecule has 1 rings (SSSR count). The zero-order valence-electron chi connectivity index (χ0n) is 11.6. The minimum Gasteiger partial charge on any atom is -0.383 e. The first-order chi connectivity index (χ1) is 8.92. The number of nitrogen functional groups attached to an aromatic ring is 1. The number of methoxy groups -OCH3 is 1. The number of hydrogen-bond acceptors (Lipinski definition) is 7. The number of aryl methyl sites for hydroxylation is 1. The van der Waals surface area contributed by atoms with Crippen LogP contribution in [0.4, 0.5) is 17.5 Å². The van der Waals surface area contributed by atoms with Crippen LogP contribution in [0.15, 0.2) is 0 Å². The molecule has 0 saturated carbocycles. The summed E-state index contributed by atoms with van der Waals surface area (Å²) in [5.41, 5.74) is 5.74. The minimum absolute atomic E-state index is 0.0289. The number of nitrogens with zero attached hydrogens (tertiary/aromatic N) is 4. The van der Waals surface area contributed by atoms with Crippen molar-refractivity contribution < 1.29 is 9.66 Å². The molecule has 1 atom stereocenters. The lowest BCUT2D eigenvalue weighted by Gasteiger charge is -2.28. The summed E-state index contributed by atoms with van der Waals surface area (Å²) in [6, 6.07) is -0.0533. The van der Waals surface area contributed by atoms with Crippen LogP contribution in [0.3, 0.4) is 0 Å². The van der Waals surface area contributed by atoms with Crippen LogP contribution in [0.5, 0.6) is 0 Å². The van der Waals surface area contributed by atoms with Crippen molar-refractivity contribution in [2.45, 2.75) is 26.8 Å². The molecule has 0 fully saturated rings. The Bertz CT molecular complexity index is 466. The fourth-order valence-corrected chi connectivity index (χ4v) is 1.99. The number of aromatic nitrogens is 2. The van der Waals surface area contributed by atoms with E-state index in [0.717, 1.165) is 0 Å². The van der Waals surface area contributed by atoms with Gasteiger partial charge in [-0.25, -0.2) is 4.98 Å². The fraction of sp³-hybridized carbons (Fsp3) is 0.636. The highest BCUT2D eigenvalue weighted by molar-refractivity contribution is 5.62. The van der Waals surface area contributed by atoms with E-state index < -0.39 is 4.92 Å². The molecule has 0 bridgehead atoms. The van der Waals surface area contributed by atoms with Gasteiger partial charge in [-0.05, 0) is 20.8 Å². The van der Waals surface area contributed by atoms with E-state index in [4.69, 9.17) is 10.5 Å². The molecular weight excluding hydrogens is 250 g/mol. The molecule has 0 spiro atoms. The number of ether oxygens (including phenoxy) is 1. The first-order valence-corrected chi connectivity index (χ1v) is 5.96. The van der Waals surface area contributed by atoms with Gasteiger partial charge in [-0.1, -0.05) is 0 Å². The van der Waals surface area contributed by atoms with Gasteiger partial charge in [-0.2, -0.15) is 4.98 Å². The second-order valence-corrected chi connectivity index (χ2v) is 4.19. The van der Waals surface area contributed by atoms with Gasteiger partial charge in [0, 0.05) is 13.7 Å². The highest BCUT2D eigenvalue weighted by atomic mass is 16.6. The lowest BCUT2D eigenvalue weighted by molar-refractivity contribution is -0.385. The number of rotatable bonds is 6. The summed E-state index contributed by atoms with van der Waals surface area (Å²) >= 11 is 0. The Morgan fingerprint density at radius 1 is 1.53 bits per heavy atom. The van der Waals surface area contributed by atoms with Gasteiger partial charge < -0.3 is 15.4 Å². The SMILES string of the molecule is CCN(c1nc(N)nc(C)c1[N+](=O)[O-])C(C)COC. The van der Waals surface area contributed by atoms with Crippen molar-refractivity contribution >= 4 is 17.5 Å². The van der Waals surface area contributed by atoms with Crippen LogP contribution in [0.2, 0.25) is 0 Å². The van der Waals surface area contributed by atoms with Gasteiger partial charge in [0.15, 0.2) is 0 Å². The lowest BCUT2D eigenvalue weighted by atomic mass is 10.2. The predicted molar refractivity (Wildman–Crippen MR) is 72.2 cm³/mol. The van der Waals surface area contributed by atoms with Gasteiger partial charge in [0.05, 0.1) is 17.6 Å². The Labute approximate surface area is 111 Å². The van der Waals surface area contributed by atoms with Crippen LogP contribution in [-0.4, -0.2) is 41.2 Å². The number of hydrogen-bond donors (Lipinski definition) is 1. The van der Waals surface area contributed by atoms with E-state index in [2.05, 4.69) is 9.97 Å². The molecule has 0 saturated heterocycles. The van der Waals surface area contributed by atoms with E-state index in [1.165, 1.54) is 0 Å². The molecule has 1 aromatic rings. The predicted octanol–water partition coefficient (Wildman–Crippen LogP) is 1.14. The second kappa shape index (κ2) is 6.28. The van der Waals surface area contributed by atoms with Crippen LogP contribution < -0.4 is 10.6 Å². The maximum absolute atomic E-state index is 11.2. The van der Waals surface area contributed by atoms with Gasteiger partial charge in [0.2, 0.25) is 11.8 Å². The van der Waals surface area contributed by atoms with E-state index in [-0.39, 0.29) is 29.2 Å². The monoisotopic (exact) mass is 269 g/mol. The molecule has 0 aliphatic carbocycles. The molecule has 1 aromatic heterocycles. The van der Waals surface area contributed by atoms with Gasteiger partial charge in [0.1, 0.15) is 5.69 Å². The highest BCUT2D eigenvalue weighted by Gasteiger charge is 2.27. The Hall–Kier alpha value is -1.96. The second-order valence-electron chi connectivity index (χ2n) is 4.19. The third-order valence-electron chi connectivity index (χ3n) is 2.79. The van der Waals surface area contributed by atoms with Crippen LogP contribution in [-0.2, 0) is 4.74 Å². The first kappa shape index (κ1) is 15.1. The number of nitrogens with two attached hydrogens (primary N) is 1. The molecule has 2 N–H and O–H groups in total. The summed E-state index contributed by atoms with van der Waals surface area (Å²) < 4.78 is 5.08. The van der Waals surface area contributed by atoms with Gasteiger partial charge in [-0.15, -0.1) is 0 Å². The van der Waals surface area contributed by atoms with Gasteiger partial charge >= 0.3 is 5.69 Å². The molecule has 0 aliphatic rings. The normalized spacial score (nSPS) is 12.2. The molecule has 1 heterocycles.